The van der Waals surface area contributed by atoms with E-state index >= 15 is 0 Å². The van der Waals surface area contributed by atoms with Crippen molar-refractivity contribution in [3.63, 3.8) is 0 Å². The van der Waals surface area contributed by atoms with Crippen molar-refractivity contribution in [2.75, 3.05) is 6.61 Å². The second-order valence-electron chi connectivity index (χ2n) is 2.72. The van der Waals surface area contributed by atoms with Gasteiger partial charge < -0.3 is 4.74 Å². The van der Waals surface area contributed by atoms with Gasteiger partial charge in [0.05, 0.1) is 0 Å². The molecule has 0 spiro atoms. The van der Waals surface area contributed by atoms with Gasteiger partial charge in [-0.3, -0.25) is 0 Å². The van der Waals surface area contributed by atoms with Gasteiger partial charge in [0.2, 0.25) is 0 Å². The van der Waals surface area contributed by atoms with E-state index in [4.69, 9.17) is 0 Å². The van der Waals surface area contributed by atoms with Crippen molar-refractivity contribution < 1.29 is 17.9 Å². The van der Waals surface area contributed by atoms with Gasteiger partial charge in [0, 0.05) is 0 Å². The van der Waals surface area contributed by atoms with E-state index in [2.05, 4.69) is 4.74 Å². The molecule has 1 rings (SSSR count). The number of halogens is 3. The zero-order valence-corrected chi connectivity index (χ0v) is 7.06. The third-order valence-corrected chi connectivity index (χ3v) is 1.42. The topological polar surface area (TPSA) is 9.23 Å². The summed E-state index contributed by atoms with van der Waals surface area (Å²) in [4.78, 5) is 0. The summed E-state index contributed by atoms with van der Waals surface area (Å²) in [5.74, 6) is 0.239. The predicted octanol–water partition coefficient (Wildman–Crippen LogP) is 2.94. The molecule has 0 aromatic heterocycles. The summed E-state index contributed by atoms with van der Waals surface area (Å²) in [7, 11) is 0. The highest BCUT2D eigenvalue weighted by atomic mass is 19.4. The second kappa shape index (κ2) is 3.68. The van der Waals surface area contributed by atoms with Crippen LogP contribution < -0.4 is 4.74 Å². The lowest BCUT2D eigenvalue weighted by atomic mass is 10.2. The van der Waals surface area contributed by atoms with Crippen LogP contribution in [0, 0.1) is 6.92 Å². The fraction of sp³-hybridized carbons (Fsp3) is 0.333. The lowest BCUT2D eigenvalue weighted by molar-refractivity contribution is -0.153. The first kappa shape index (κ1) is 9.89. The molecule has 0 fully saturated rings. The number of ether oxygens (including phenoxy) is 1. The Labute approximate surface area is 74.1 Å². The SMILES string of the molecule is Cc1ccc(OCC(F)(F)F)cc1. The number of aryl methyl sites for hydroxylation is 1. The van der Waals surface area contributed by atoms with Gasteiger partial charge in [0.1, 0.15) is 5.75 Å². The van der Waals surface area contributed by atoms with Gasteiger partial charge in [0.15, 0.2) is 6.61 Å². The van der Waals surface area contributed by atoms with E-state index < -0.39 is 12.8 Å². The molecule has 1 aromatic carbocycles. The van der Waals surface area contributed by atoms with Crippen LogP contribution in [0.4, 0.5) is 13.2 Å². The van der Waals surface area contributed by atoms with Crippen molar-refractivity contribution in [3.8, 4) is 5.75 Å². The average molecular weight is 190 g/mol. The highest BCUT2D eigenvalue weighted by Crippen LogP contribution is 2.18. The highest BCUT2D eigenvalue weighted by Gasteiger charge is 2.28. The third-order valence-electron chi connectivity index (χ3n) is 1.42. The molecule has 0 aliphatic rings. The average Bonchev–Trinajstić information content (AvgIpc) is 2.02. The summed E-state index contributed by atoms with van der Waals surface area (Å²) in [6.45, 7) is 0.615. The first-order valence-electron chi connectivity index (χ1n) is 3.73. The Morgan fingerprint density at radius 3 is 2.15 bits per heavy atom. The van der Waals surface area contributed by atoms with E-state index in [-0.39, 0.29) is 5.75 Å². The monoisotopic (exact) mass is 190 g/mol. The van der Waals surface area contributed by atoms with Gasteiger partial charge in [-0.1, -0.05) is 17.7 Å². The number of hydrogen-bond donors (Lipinski definition) is 0. The van der Waals surface area contributed by atoms with E-state index in [0.29, 0.717) is 0 Å². The molecule has 0 N–H and O–H groups in total. The maximum absolute atomic E-state index is 11.7. The molecule has 0 atom stereocenters. The fourth-order valence-electron chi connectivity index (χ4n) is 0.800. The maximum Gasteiger partial charge on any atom is 0.422 e. The number of hydrogen-bond acceptors (Lipinski definition) is 1. The number of alkyl halides is 3. The summed E-state index contributed by atoms with van der Waals surface area (Å²) in [5, 5.41) is 0. The molecule has 0 unspecified atom stereocenters. The Hall–Kier alpha value is -1.19. The Kier molecular flexibility index (Phi) is 2.80. The van der Waals surface area contributed by atoms with Crippen molar-refractivity contribution in [1.29, 1.82) is 0 Å². The zero-order chi connectivity index (χ0) is 9.90. The quantitative estimate of drug-likeness (QED) is 0.696. The smallest absolute Gasteiger partial charge is 0.422 e. The molecule has 0 bridgehead atoms. The van der Waals surface area contributed by atoms with Crippen molar-refractivity contribution in [2.45, 2.75) is 13.1 Å². The van der Waals surface area contributed by atoms with Gasteiger partial charge in [0.25, 0.3) is 0 Å². The van der Waals surface area contributed by atoms with E-state index in [1.54, 1.807) is 12.1 Å². The third kappa shape index (κ3) is 3.83. The lowest BCUT2D eigenvalue weighted by Crippen LogP contribution is -2.19. The molecule has 13 heavy (non-hydrogen) atoms. The van der Waals surface area contributed by atoms with Crippen molar-refractivity contribution >= 4 is 0 Å². The van der Waals surface area contributed by atoms with E-state index in [0.717, 1.165) is 5.56 Å². The Morgan fingerprint density at radius 1 is 1.15 bits per heavy atom. The lowest BCUT2D eigenvalue weighted by Gasteiger charge is -2.08. The molecule has 1 aromatic rings. The Bertz CT molecular complexity index is 263. The van der Waals surface area contributed by atoms with Gasteiger partial charge in [-0.25, -0.2) is 0 Å². The first-order chi connectivity index (χ1) is 5.97. The fourth-order valence-corrected chi connectivity index (χ4v) is 0.800. The summed E-state index contributed by atoms with van der Waals surface area (Å²) in [6, 6.07) is 6.43. The molecule has 0 saturated heterocycles. The summed E-state index contributed by atoms with van der Waals surface area (Å²) >= 11 is 0. The largest absolute Gasteiger partial charge is 0.484 e. The van der Waals surface area contributed by atoms with Crippen LogP contribution in [0.15, 0.2) is 24.3 Å². The van der Waals surface area contributed by atoms with Gasteiger partial charge in [-0.2, -0.15) is 13.2 Å². The molecule has 1 nitrogen and oxygen atoms in total. The van der Waals surface area contributed by atoms with Gasteiger partial charge in [-0.15, -0.1) is 0 Å². The molecular formula is C9H9F3O. The summed E-state index contributed by atoms with van der Waals surface area (Å²) < 4.78 is 39.6. The molecule has 0 amide bonds. The van der Waals surface area contributed by atoms with Gasteiger partial charge >= 0.3 is 6.18 Å². The molecule has 0 heterocycles. The molecular weight excluding hydrogens is 181 g/mol. The minimum absolute atomic E-state index is 0.239. The van der Waals surface area contributed by atoms with Crippen molar-refractivity contribution in [3.05, 3.63) is 29.8 Å². The van der Waals surface area contributed by atoms with Crippen LogP contribution >= 0.6 is 0 Å². The summed E-state index contributed by atoms with van der Waals surface area (Å²) in [5.41, 5.74) is 0.986. The van der Waals surface area contributed by atoms with Gasteiger partial charge in [-0.05, 0) is 19.1 Å². The molecule has 0 aliphatic heterocycles. The van der Waals surface area contributed by atoms with Crippen LogP contribution in [0.5, 0.6) is 5.75 Å². The Morgan fingerprint density at radius 2 is 1.69 bits per heavy atom. The molecule has 0 aliphatic carbocycles. The molecule has 72 valence electrons. The van der Waals surface area contributed by atoms with Crippen LogP contribution in [-0.2, 0) is 0 Å². The van der Waals surface area contributed by atoms with E-state index in [1.807, 2.05) is 6.92 Å². The minimum atomic E-state index is -4.27. The minimum Gasteiger partial charge on any atom is -0.484 e. The summed E-state index contributed by atoms with van der Waals surface area (Å²) in [6.07, 6.45) is -4.27. The number of benzene rings is 1. The van der Waals surface area contributed by atoms with Crippen LogP contribution in [0.1, 0.15) is 5.56 Å². The normalized spacial score (nSPS) is 11.4. The second-order valence-corrected chi connectivity index (χ2v) is 2.72. The molecule has 4 heteroatoms. The van der Waals surface area contributed by atoms with Crippen molar-refractivity contribution in [1.82, 2.24) is 0 Å². The molecule has 0 saturated carbocycles. The highest BCUT2D eigenvalue weighted by molar-refractivity contribution is 5.26. The zero-order valence-electron chi connectivity index (χ0n) is 7.06. The van der Waals surface area contributed by atoms with Crippen molar-refractivity contribution in [2.24, 2.45) is 0 Å². The molecule has 0 radical (unpaired) electrons. The van der Waals surface area contributed by atoms with Crippen LogP contribution in [-0.4, -0.2) is 12.8 Å². The van der Waals surface area contributed by atoms with Crippen LogP contribution in [0.3, 0.4) is 0 Å². The van der Waals surface area contributed by atoms with E-state index in [1.165, 1.54) is 12.1 Å². The van der Waals surface area contributed by atoms with E-state index in [9.17, 15) is 13.2 Å². The maximum atomic E-state index is 11.7. The van der Waals surface area contributed by atoms with Crippen LogP contribution in [0.2, 0.25) is 0 Å². The predicted molar refractivity (Wildman–Crippen MR) is 42.7 cm³/mol. The standard InChI is InChI=1S/C9H9F3O/c1-7-2-4-8(5-3-7)13-6-9(10,11)12/h2-5H,6H2,1H3. The van der Waals surface area contributed by atoms with Crippen LogP contribution in [0.25, 0.3) is 0 Å². The Balaban J connectivity index is 2.51. The first-order valence-corrected chi connectivity index (χ1v) is 3.73. The number of rotatable bonds is 2.